The van der Waals surface area contributed by atoms with Gasteiger partial charge in [0.15, 0.2) is 0 Å². The first kappa shape index (κ1) is 14.9. The van der Waals surface area contributed by atoms with Crippen molar-refractivity contribution in [3.63, 3.8) is 0 Å². The fourth-order valence-corrected chi connectivity index (χ4v) is 4.14. The van der Waals surface area contributed by atoms with Crippen LogP contribution in [-0.4, -0.2) is 42.6 Å². The Morgan fingerprint density at radius 2 is 2.21 bits per heavy atom. The Morgan fingerprint density at radius 3 is 2.74 bits per heavy atom. The zero-order chi connectivity index (χ0) is 13.9. The monoisotopic (exact) mass is 303 g/mol. The summed E-state index contributed by atoms with van der Waals surface area (Å²) < 4.78 is 25.1. The van der Waals surface area contributed by atoms with Gasteiger partial charge in [-0.2, -0.15) is 0 Å². The number of hydrogen-bond donors (Lipinski definition) is 1. The molecule has 1 N–H and O–H groups in total. The van der Waals surface area contributed by atoms with Crippen molar-refractivity contribution in [1.82, 2.24) is 14.6 Å². The molecule has 108 valence electrons. The van der Waals surface area contributed by atoms with E-state index in [2.05, 4.69) is 17.2 Å². The Labute approximate surface area is 119 Å². The van der Waals surface area contributed by atoms with E-state index in [9.17, 15) is 8.42 Å². The summed E-state index contributed by atoms with van der Waals surface area (Å²) in [6, 6.07) is 0.602. The number of sulfonamides is 1. The van der Waals surface area contributed by atoms with E-state index < -0.39 is 10.0 Å². The van der Waals surface area contributed by atoms with Crippen LogP contribution >= 0.6 is 11.3 Å². The standard InChI is InChI=1S/C12H21N3O2S2/c1-3-19(16,17)15-6-4-11(5-7-15)14-10(2)12-8-18-9-13-12/h8-11,14H,3-7H2,1-2H3. The molecule has 1 aliphatic rings. The largest absolute Gasteiger partial charge is 0.306 e. The molecule has 5 nitrogen and oxygen atoms in total. The van der Waals surface area contributed by atoms with E-state index in [-0.39, 0.29) is 11.8 Å². The maximum atomic E-state index is 11.8. The Balaban J connectivity index is 1.84. The molecule has 0 spiro atoms. The second kappa shape index (κ2) is 6.30. The summed E-state index contributed by atoms with van der Waals surface area (Å²) in [5.41, 5.74) is 2.90. The van der Waals surface area contributed by atoms with Crippen molar-refractivity contribution in [3.05, 3.63) is 16.6 Å². The molecular weight excluding hydrogens is 282 g/mol. The van der Waals surface area contributed by atoms with E-state index in [4.69, 9.17) is 0 Å². The molecule has 0 saturated carbocycles. The lowest BCUT2D eigenvalue weighted by atomic mass is 10.1. The molecule has 1 saturated heterocycles. The van der Waals surface area contributed by atoms with Gasteiger partial charge in [-0.05, 0) is 26.7 Å². The SMILES string of the molecule is CCS(=O)(=O)N1CCC(NC(C)c2cscn2)CC1. The number of thiazole rings is 1. The van der Waals surface area contributed by atoms with Crippen LogP contribution in [0.1, 0.15) is 38.4 Å². The molecule has 2 heterocycles. The molecule has 19 heavy (non-hydrogen) atoms. The van der Waals surface area contributed by atoms with Crippen LogP contribution in [0.5, 0.6) is 0 Å². The summed E-state index contributed by atoms with van der Waals surface area (Å²) in [6.07, 6.45) is 1.74. The maximum absolute atomic E-state index is 11.8. The average molecular weight is 303 g/mol. The molecule has 0 bridgehead atoms. The van der Waals surface area contributed by atoms with E-state index in [0.717, 1.165) is 18.5 Å². The summed E-state index contributed by atoms with van der Waals surface area (Å²) in [5, 5.41) is 5.58. The van der Waals surface area contributed by atoms with Gasteiger partial charge in [0.25, 0.3) is 0 Å². The highest BCUT2D eigenvalue weighted by Crippen LogP contribution is 2.19. The molecule has 1 aromatic heterocycles. The van der Waals surface area contributed by atoms with Crippen LogP contribution < -0.4 is 5.32 Å². The second-order valence-electron chi connectivity index (χ2n) is 4.88. The number of nitrogens with one attached hydrogen (secondary N) is 1. The van der Waals surface area contributed by atoms with E-state index in [1.807, 2.05) is 10.9 Å². The maximum Gasteiger partial charge on any atom is 0.213 e. The molecule has 1 aromatic rings. The van der Waals surface area contributed by atoms with Gasteiger partial charge in [0.2, 0.25) is 10.0 Å². The first-order chi connectivity index (χ1) is 9.03. The van der Waals surface area contributed by atoms with E-state index in [0.29, 0.717) is 19.1 Å². The van der Waals surface area contributed by atoms with Gasteiger partial charge in [-0.3, -0.25) is 0 Å². The van der Waals surface area contributed by atoms with Crippen LogP contribution in [-0.2, 0) is 10.0 Å². The van der Waals surface area contributed by atoms with Gasteiger partial charge >= 0.3 is 0 Å². The third kappa shape index (κ3) is 3.75. The van der Waals surface area contributed by atoms with Crippen molar-refractivity contribution >= 4 is 21.4 Å². The molecule has 1 atom stereocenters. The van der Waals surface area contributed by atoms with Crippen molar-refractivity contribution in [2.75, 3.05) is 18.8 Å². The van der Waals surface area contributed by atoms with Gasteiger partial charge in [0.1, 0.15) is 0 Å². The number of piperidine rings is 1. The fraction of sp³-hybridized carbons (Fsp3) is 0.750. The minimum absolute atomic E-state index is 0.195. The van der Waals surface area contributed by atoms with Gasteiger partial charge in [-0.15, -0.1) is 11.3 Å². The first-order valence-electron chi connectivity index (χ1n) is 6.65. The highest BCUT2D eigenvalue weighted by molar-refractivity contribution is 7.89. The smallest absolute Gasteiger partial charge is 0.213 e. The van der Waals surface area contributed by atoms with Crippen molar-refractivity contribution < 1.29 is 8.42 Å². The quantitative estimate of drug-likeness (QED) is 0.897. The molecule has 0 aromatic carbocycles. The average Bonchev–Trinajstić information content (AvgIpc) is 2.93. The van der Waals surface area contributed by atoms with Crippen LogP contribution in [0.4, 0.5) is 0 Å². The minimum atomic E-state index is -3.02. The summed E-state index contributed by atoms with van der Waals surface area (Å²) in [7, 11) is -3.02. The number of nitrogens with zero attached hydrogens (tertiary/aromatic N) is 2. The van der Waals surface area contributed by atoms with E-state index in [1.54, 1.807) is 22.6 Å². The summed E-state index contributed by atoms with van der Waals surface area (Å²) >= 11 is 1.60. The van der Waals surface area contributed by atoms with Crippen LogP contribution in [0.15, 0.2) is 10.9 Å². The molecular formula is C12H21N3O2S2. The summed E-state index contributed by atoms with van der Waals surface area (Å²) in [6.45, 7) is 5.05. The lowest BCUT2D eigenvalue weighted by Crippen LogP contribution is -2.45. The highest BCUT2D eigenvalue weighted by Gasteiger charge is 2.27. The van der Waals surface area contributed by atoms with Crippen molar-refractivity contribution in [2.45, 2.75) is 38.8 Å². The van der Waals surface area contributed by atoms with Gasteiger partial charge in [0, 0.05) is 30.6 Å². The van der Waals surface area contributed by atoms with Crippen LogP contribution in [0.25, 0.3) is 0 Å². The zero-order valence-corrected chi connectivity index (χ0v) is 13.0. The predicted octanol–water partition coefficient (Wildman–Crippen LogP) is 1.61. The van der Waals surface area contributed by atoms with Crippen molar-refractivity contribution in [3.8, 4) is 0 Å². The molecule has 2 rings (SSSR count). The second-order valence-corrected chi connectivity index (χ2v) is 7.85. The highest BCUT2D eigenvalue weighted by atomic mass is 32.2. The van der Waals surface area contributed by atoms with E-state index in [1.165, 1.54) is 0 Å². The molecule has 1 fully saturated rings. The Hall–Kier alpha value is -0.500. The molecule has 1 aliphatic heterocycles. The van der Waals surface area contributed by atoms with Crippen molar-refractivity contribution in [1.29, 1.82) is 0 Å². The van der Waals surface area contributed by atoms with Crippen LogP contribution in [0, 0.1) is 0 Å². The minimum Gasteiger partial charge on any atom is -0.306 e. The van der Waals surface area contributed by atoms with Crippen LogP contribution in [0.2, 0.25) is 0 Å². The Morgan fingerprint density at radius 1 is 1.53 bits per heavy atom. The Bertz CT molecular complexity index is 479. The lowest BCUT2D eigenvalue weighted by molar-refractivity contribution is 0.276. The van der Waals surface area contributed by atoms with Gasteiger partial charge in [-0.1, -0.05) is 0 Å². The predicted molar refractivity (Wildman–Crippen MR) is 77.7 cm³/mol. The molecule has 0 aliphatic carbocycles. The first-order valence-corrected chi connectivity index (χ1v) is 9.20. The van der Waals surface area contributed by atoms with Crippen molar-refractivity contribution in [2.24, 2.45) is 0 Å². The fourth-order valence-electron chi connectivity index (χ4n) is 2.36. The summed E-state index contributed by atoms with van der Waals surface area (Å²) in [4.78, 5) is 4.30. The third-order valence-electron chi connectivity index (χ3n) is 3.59. The van der Waals surface area contributed by atoms with Gasteiger partial charge < -0.3 is 5.32 Å². The van der Waals surface area contributed by atoms with Gasteiger partial charge in [0.05, 0.1) is 17.0 Å². The summed E-state index contributed by atoms with van der Waals surface area (Å²) in [5.74, 6) is 0.195. The van der Waals surface area contributed by atoms with E-state index >= 15 is 0 Å². The lowest BCUT2D eigenvalue weighted by Gasteiger charge is -2.32. The normalized spacial score (nSPS) is 20.5. The van der Waals surface area contributed by atoms with Crippen LogP contribution in [0.3, 0.4) is 0 Å². The number of aromatic nitrogens is 1. The zero-order valence-electron chi connectivity index (χ0n) is 11.4. The topological polar surface area (TPSA) is 62.3 Å². The molecule has 0 radical (unpaired) electrons. The molecule has 1 unspecified atom stereocenters. The number of hydrogen-bond acceptors (Lipinski definition) is 5. The Kier molecular flexibility index (Phi) is 4.94. The molecule has 7 heteroatoms. The molecule has 0 amide bonds. The number of rotatable bonds is 5. The van der Waals surface area contributed by atoms with Gasteiger partial charge in [-0.25, -0.2) is 17.7 Å². The third-order valence-corrected chi connectivity index (χ3v) is 6.08.